The van der Waals surface area contributed by atoms with Crippen molar-refractivity contribution >= 4 is 0 Å². The Morgan fingerprint density at radius 1 is 1.25 bits per heavy atom. The van der Waals surface area contributed by atoms with Crippen LogP contribution >= 0.6 is 0 Å². The van der Waals surface area contributed by atoms with E-state index in [1.165, 1.54) is 12.8 Å². The topological polar surface area (TPSA) is 81.3 Å². The van der Waals surface area contributed by atoms with Gasteiger partial charge in [-0.15, -0.1) is 0 Å². The van der Waals surface area contributed by atoms with E-state index in [9.17, 15) is 0 Å². The summed E-state index contributed by atoms with van der Waals surface area (Å²) in [7, 11) is 0. The Morgan fingerprint density at radius 2 is 1.80 bits per heavy atom. The van der Waals surface area contributed by atoms with Crippen molar-refractivity contribution in [2.75, 3.05) is 6.54 Å². The highest BCUT2D eigenvalue weighted by atomic mass is 15.4. The average molecular weight is 284 g/mol. The first-order chi connectivity index (χ1) is 8.95. The Kier molecular flexibility index (Phi) is 7.60. The predicted octanol–water partition coefficient (Wildman–Crippen LogP) is 2.94. The monoisotopic (exact) mass is 284 g/mol. The van der Waals surface area contributed by atoms with Crippen LogP contribution in [0.5, 0.6) is 0 Å². The lowest BCUT2D eigenvalue weighted by atomic mass is 9.82. The smallest absolute Gasteiger partial charge is 0.0387 e. The largest absolute Gasteiger partial charge is 0.401 e. The third-order valence-electron chi connectivity index (χ3n) is 3.60. The third-order valence-corrected chi connectivity index (χ3v) is 3.60. The first kappa shape index (κ1) is 19.3. The van der Waals surface area contributed by atoms with E-state index in [2.05, 4.69) is 27.7 Å². The van der Waals surface area contributed by atoms with E-state index in [0.29, 0.717) is 0 Å². The number of hydrogen-bond donors (Lipinski definition) is 3. The maximum Gasteiger partial charge on any atom is 0.0387 e. The van der Waals surface area contributed by atoms with Crippen molar-refractivity contribution in [3.8, 4) is 0 Å². The lowest BCUT2D eigenvalue weighted by molar-refractivity contribution is 0.191. The van der Waals surface area contributed by atoms with E-state index in [4.69, 9.17) is 17.3 Å². The van der Waals surface area contributed by atoms with E-state index in [-0.39, 0.29) is 11.0 Å². The van der Waals surface area contributed by atoms with Gasteiger partial charge in [0.05, 0.1) is 0 Å². The van der Waals surface area contributed by atoms with Crippen LogP contribution in [0.15, 0.2) is 11.9 Å². The molecule has 120 valence electrons. The Balaban J connectivity index is 4.35. The zero-order chi connectivity index (χ0) is 16.0. The summed E-state index contributed by atoms with van der Waals surface area (Å²) in [5, 5.41) is 1.72. The van der Waals surface area contributed by atoms with E-state index >= 15 is 0 Å². The van der Waals surface area contributed by atoms with Crippen molar-refractivity contribution in [1.29, 1.82) is 0 Å². The first-order valence-electron chi connectivity index (χ1n) is 7.71. The number of hydrazine groups is 1. The summed E-state index contributed by atoms with van der Waals surface area (Å²) in [5.74, 6) is 6.78. The van der Waals surface area contributed by atoms with Gasteiger partial charge in [0.15, 0.2) is 0 Å². The van der Waals surface area contributed by atoms with Crippen molar-refractivity contribution < 1.29 is 0 Å². The van der Waals surface area contributed by atoms with Gasteiger partial charge in [-0.05, 0) is 44.4 Å². The predicted molar refractivity (Wildman–Crippen MR) is 88.5 cm³/mol. The van der Waals surface area contributed by atoms with Crippen LogP contribution in [0.3, 0.4) is 0 Å². The quantitative estimate of drug-likeness (QED) is 0.449. The van der Waals surface area contributed by atoms with Gasteiger partial charge in [0.25, 0.3) is 0 Å². The Bertz CT molecular complexity index is 302. The van der Waals surface area contributed by atoms with E-state index in [0.717, 1.165) is 31.0 Å². The Hall–Kier alpha value is -0.740. The zero-order valence-corrected chi connectivity index (χ0v) is 14.4. The molecule has 0 spiro atoms. The van der Waals surface area contributed by atoms with Crippen molar-refractivity contribution in [2.45, 2.75) is 72.8 Å². The van der Waals surface area contributed by atoms with Crippen molar-refractivity contribution in [1.82, 2.24) is 5.01 Å². The maximum atomic E-state index is 6.06. The standard InChI is InChI=1S/C16H36N4/c1-7-13(2)10-15(3,4)12-20(19)11-14(17)8-9-16(5,6)18/h11,13H,7-10,12,17-19H2,1-6H3/b14-11-. The molecule has 6 N–H and O–H groups in total. The Morgan fingerprint density at radius 3 is 2.25 bits per heavy atom. The van der Waals surface area contributed by atoms with Crippen LogP contribution in [0.2, 0.25) is 0 Å². The highest BCUT2D eigenvalue weighted by molar-refractivity contribution is 4.97. The van der Waals surface area contributed by atoms with Crippen LogP contribution in [-0.4, -0.2) is 17.1 Å². The third kappa shape index (κ3) is 10.1. The van der Waals surface area contributed by atoms with Gasteiger partial charge in [0.1, 0.15) is 0 Å². The molecule has 0 bridgehead atoms. The minimum Gasteiger partial charge on any atom is -0.401 e. The number of nitrogens with zero attached hydrogens (tertiary/aromatic N) is 1. The molecule has 0 saturated heterocycles. The minimum atomic E-state index is -0.187. The molecule has 20 heavy (non-hydrogen) atoms. The van der Waals surface area contributed by atoms with Gasteiger partial charge in [-0.25, -0.2) is 5.84 Å². The molecule has 4 nitrogen and oxygen atoms in total. The zero-order valence-electron chi connectivity index (χ0n) is 14.4. The lowest BCUT2D eigenvalue weighted by Crippen LogP contribution is -2.37. The fourth-order valence-corrected chi connectivity index (χ4v) is 2.44. The summed E-state index contributed by atoms with van der Waals surface area (Å²) in [6.07, 6.45) is 5.87. The molecule has 0 fully saturated rings. The van der Waals surface area contributed by atoms with Gasteiger partial charge in [-0.2, -0.15) is 0 Å². The Labute approximate surface area is 125 Å². The molecule has 1 atom stereocenters. The molecular weight excluding hydrogens is 248 g/mol. The number of nitrogens with two attached hydrogens (primary N) is 3. The fourth-order valence-electron chi connectivity index (χ4n) is 2.44. The average Bonchev–Trinajstić information content (AvgIpc) is 2.23. The summed E-state index contributed by atoms with van der Waals surface area (Å²) in [5.41, 5.74) is 12.8. The van der Waals surface area contributed by atoms with Crippen molar-refractivity contribution in [2.24, 2.45) is 28.6 Å². The molecule has 0 rings (SSSR count). The molecule has 4 heteroatoms. The molecule has 1 unspecified atom stereocenters. The molecule has 0 radical (unpaired) electrons. The molecule has 0 saturated carbocycles. The summed E-state index contributed by atoms with van der Waals surface area (Å²) >= 11 is 0. The SMILES string of the molecule is CCC(C)CC(C)(C)CN(N)/C=C(\N)CCC(C)(C)N. The van der Waals surface area contributed by atoms with E-state index in [1.54, 1.807) is 5.01 Å². The van der Waals surface area contributed by atoms with Gasteiger partial charge >= 0.3 is 0 Å². The first-order valence-corrected chi connectivity index (χ1v) is 7.71. The van der Waals surface area contributed by atoms with Crippen LogP contribution in [0, 0.1) is 11.3 Å². The van der Waals surface area contributed by atoms with Gasteiger partial charge < -0.3 is 16.5 Å². The van der Waals surface area contributed by atoms with Gasteiger partial charge in [-0.1, -0.05) is 34.1 Å². The van der Waals surface area contributed by atoms with Gasteiger partial charge in [0, 0.05) is 24.0 Å². The summed E-state index contributed by atoms with van der Waals surface area (Å²) in [6.45, 7) is 13.9. The molecule has 0 aliphatic heterocycles. The molecule has 0 aromatic rings. The van der Waals surface area contributed by atoms with Gasteiger partial charge in [0.2, 0.25) is 0 Å². The second-order valence-corrected chi connectivity index (χ2v) is 7.75. The van der Waals surface area contributed by atoms with Crippen LogP contribution in [-0.2, 0) is 0 Å². The highest BCUT2D eigenvalue weighted by Crippen LogP contribution is 2.27. The minimum absolute atomic E-state index is 0.187. The summed E-state index contributed by atoms with van der Waals surface area (Å²) in [6, 6.07) is 0. The van der Waals surface area contributed by atoms with Crippen LogP contribution < -0.4 is 17.3 Å². The molecule has 0 amide bonds. The second kappa shape index (κ2) is 7.89. The molecular formula is C16H36N4. The van der Waals surface area contributed by atoms with Crippen molar-refractivity contribution in [3.05, 3.63) is 11.9 Å². The summed E-state index contributed by atoms with van der Waals surface area (Å²) < 4.78 is 0. The number of allylic oxidation sites excluding steroid dienone is 1. The van der Waals surface area contributed by atoms with Crippen LogP contribution in [0.1, 0.15) is 67.2 Å². The maximum absolute atomic E-state index is 6.06. The van der Waals surface area contributed by atoms with Crippen LogP contribution in [0.25, 0.3) is 0 Å². The summed E-state index contributed by atoms with van der Waals surface area (Å²) in [4.78, 5) is 0. The lowest BCUT2D eigenvalue weighted by Gasteiger charge is -2.31. The molecule has 0 heterocycles. The van der Waals surface area contributed by atoms with Crippen LogP contribution in [0.4, 0.5) is 0 Å². The molecule has 0 aromatic carbocycles. The molecule has 0 aliphatic carbocycles. The highest BCUT2D eigenvalue weighted by Gasteiger charge is 2.22. The van der Waals surface area contributed by atoms with E-state index in [1.807, 2.05) is 20.0 Å². The number of hydrogen-bond acceptors (Lipinski definition) is 4. The second-order valence-electron chi connectivity index (χ2n) is 7.75. The van der Waals surface area contributed by atoms with Gasteiger partial charge in [-0.3, -0.25) is 0 Å². The van der Waals surface area contributed by atoms with Crippen molar-refractivity contribution in [3.63, 3.8) is 0 Å². The van der Waals surface area contributed by atoms with E-state index < -0.39 is 0 Å². The fraction of sp³-hybridized carbons (Fsp3) is 0.875. The molecule has 0 aliphatic rings. The molecule has 0 aromatic heterocycles. The normalized spacial score (nSPS) is 15.3. The number of rotatable bonds is 9.